The van der Waals surface area contributed by atoms with Gasteiger partial charge >= 0.3 is 12.2 Å². The summed E-state index contributed by atoms with van der Waals surface area (Å²) in [4.78, 5) is 33.5. The van der Waals surface area contributed by atoms with Crippen LogP contribution in [-0.2, 0) is 9.47 Å². The monoisotopic (exact) mass is 442 g/mol. The predicted molar refractivity (Wildman–Crippen MR) is 126 cm³/mol. The molecule has 1 fully saturated rings. The molecule has 2 aromatic heterocycles. The van der Waals surface area contributed by atoms with Crippen LogP contribution in [0.3, 0.4) is 0 Å². The molecule has 3 heterocycles. The minimum Gasteiger partial charge on any atom is -0.444 e. The Morgan fingerprint density at radius 1 is 0.969 bits per heavy atom. The first-order valence-corrected chi connectivity index (χ1v) is 10.9. The first-order valence-electron chi connectivity index (χ1n) is 10.9. The van der Waals surface area contributed by atoms with Crippen molar-refractivity contribution in [1.82, 2.24) is 14.5 Å². The second-order valence-corrected chi connectivity index (χ2v) is 10.2. The van der Waals surface area contributed by atoms with Gasteiger partial charge in [0.15, 0.2) is 0 Å². The van der Waals surface area contributed by atoms with Crippen LogP contribution >= 0.6 is 0 Å². The number of carbonyl (C=O) groups is 2. The van der Waals surface area contributed by atoms with E-state index in [0.29, 0.717) is 31.7 Å². The smallest absolute Gasteiger partial charge is 0.419 e. The second-order valence-electron chi connectivity index (χ2n) is 10.2. The minimum absolute atomic E-state index is 0.292. The minimum atomic E-state index is -0.599. The number of aromatic nitrogens is 2. The molecule has 1 aliphatic rings. The topological polar surface area (TPSA) is 76.9 Å². The zero-order valence-corrected chi connectivity index (χ0v) is 20.2. The van der Waals surface area contributed by atoms with Crippen molar-refractivity contribution in [1.29, 1.82) is 0 Å². The van der Waals surface area contributed by atoms with Crippen molar-refractivity contribution in [2.24, 2.45) is 0 Å². The molecule has 32 heavy (non-hydrogen) atoms. The summed E-state index contributed by atoms with van der Waals surface area (Å²) in [5.41, 5.74) is 1.29. The number of piperazine rings is 1. The number of hydrogen-bond donors (Lipinski definition) is 0. The molecule has 0 N–H and O–H groups in total. The molecule has 8 heteroatoms. The van der Waals surface area contributed by atoms with Gasteiger partial charge in [-0.3, -0.25) is 4.57 Å². The van der Waals surface area contributed by atoms with Crippen LogP contribution in [0.5, 0.6) is 0 Å². The van der Waals surface area contributed by atoms with E-state index >= 15 is 0 Å². The third-order valence-electron chi connectivity index (χ3n) is 4.98. The zero-order valence-electron chi connectivity index (χ0n) is 20.2. The molecule has 1 saturated heterocycles. The van der Waals surface area contributed by atoms with E-state index in [0.717, 1.165) is 22.3 Å². The zero-order chi connectivity index (χ0) is 23.8. The highest BCUT2D eigenvalue weighted by molar-refractivity contribution is 5.98. The summed E-state index contributed by atoms with van der Waals surface area (Å²) >= 11 is 0. The van der Waals surface area contributed by atoms with Gasteiger partial charge in [0.25, 0.3) is 0 Å². The predicted octanol–water partition coefficient (Wildman–Crippen LogP) is 4.91. The largest absolute Gasteiger partial charge is 0.444 e. The van der Waals surface area contributed by atoms with Crippen molar-refractivity contribution in [3.63, 3.8) is 0 Å². The summed E-state index contributed by atoms with van der Waals surface area (Å²) < 4.78 is 12.5. The molecule has 0 atom stereocenters. The van der Waals surface area contributed by atoms with Crippen LogP contribution in [0.25, 0.3) is 16.5 Å². The highest BCUT2D eigenvalue weighted by Gasteiger charge is 2.27. The average Bonchev–Trinajstić information content (AvgIpc) is 3.04. The lowest BCUT2D eigenvalue weighted by Gasteiger charge is -2.36. The average molecular weight is 443 g/mol. The van der Waals surface area contributed by atoms with Crippen LogP contribution in [0.4, 0.5) is 15.4 Å². The number of fused-ring (bicyclic) bond motifs is 1. The fourth-order valence-corrected chi connectivity index (χ4v) is 3.53. The van der Waals surface area contributed by atoms with E-state index in [4.69, 9.17) is 9.47 Å². The molecule has 3 rings (SSSR count). The summed E-state index contributed by atoms with van der Waals surface area (Å²) in [5, 5.41) is 0.892. The molecule has 0 aliphatic carbocycles. The molecular weight excluding hydrogens is 408 g/mol. The molecule has 2 aromatic rings. The van der Waals surface area contributed by atoms with Crippen LogP contribution in [0.1, 0.15) is 54.0 Å². The van der Waals surface area contributed by atoms with Gasteiger partial charge in [-0.05, 0) is 60.1 Å². The summed E-state index contributed by atoms with van der Waals surface area (Å²) in [7, 11) is 0. The Kier molecular flexibility index (Phi) is 6.26. The van der Waals surface area contributed by atoms with Crippen molar-refractivity contribution >= 4 is 34.5 Å². The van der Waals surface area contributed by atoms with Crippen molar-refractivity contribution in [2.45, 2.75) is 59.7 Å². The maximum Gasteiger partial charge on any atom is 0.419 e. The molecule has 0 saturated carbocycles. The third-order valence-corrected chi connectivity index (χ3v) is 4.98. The quantitative estimate of drug-likeness (QED) is 0.658. The number of hydrogen-bond acceptors (Lipinski definition) is 6. The molecular formula is C24H34N4O4. The number of rotatable bonds is 2. The number of amides is 1. The Hall–Kier alpha value is -3.03. The van der Waals surface area contributed by atoms with Crippen molar-refractivity contribution < 1.29 is 19.1 Å². The van der Waals surface area contributed by atoms with Gasteiger partial charge in [0.1, 0.15) is 17.0 Å². The van der Waals surface area contributed by atoms with Gasteiger partial charge in [0.2, 0.25) is 0 Å². The molecule has 8 nitrogen and oxygen atoms in total. The van der Waals surface area contributed by atoms with E-state index in [9.17, 15) is 9.59 Å². The first-order chi connectivity index (χ1) is 14.7. The van der Waals surface area contributed by atoms with Crippen molar-refractivity contribution in [3.05, 3.63) is 30.6 Å². The SMILES string of the molecule is C=C(C)c1cn(C(=O)OC(C)(C)C)c2cnc(N3CCN(C(=O)OC(C)(C)C)CC3)cc12. The normalized spacial score (nSPS) is 15.1. The Bertz CT molecular complexity index is 1030. The van der Waals surface area contributed by atoms with Gasteiger partial charge in [-0.15, -0.1) is 0 Å². The van der Waals surface area contributed by atoms with E-state index in [1.165, 1.54) is 4.57 Å². The number of anilines is 1. The fourth-order valence-electron chi connectivity index (χ4n) is 3.53. The Balaban J connectivity index is 1.83. The van der Waals surface area contributed by atoms with E-state index < -0.39 is 17.3 Å². The lowest BCUT2D eigenvalue weighted by atomic mass is 10.1. The van der Waals surface area contributed by atoms with E-state index in [-0.39, 0.29) is 6.09 Å². The van der Waals surface area contributed by atoms with Crippen LogP contribution in [0.2, 0.25) is 0 Å². The molecule has 1 aliphatic heterocycles. The van der Waals surface area contributed by atoms with Crippen LogP contribution in [0, 0.1) is 0 Å². The van der Waals surface area contributed by atoms with Crippen LogP contribution in [0.15, 0.2) is 25.0 Å². The number of ether oxygens (including phenoxy) is 2. The van der Waals surface area contributed by atoms with Gasteiger partial charge in [0, 0.05) is 43.3 Å². The Morgan fingerprint density at radius 3 is 2.06 bits per heavy atom. The number of allylic oxidation sites excluding steroid dienone is 1. The van der Waals surface area contributed by atoms with E-state index in [1.54, 1.807) is 17.3 Å². The highest BCUT2D eigenvalue weighted by Crippen LogP contribution is 2.30. The molecule has 0 unspecified atom stereocenters. The number of pyridine rings is 1. The maximum atomic E-state index is 12.7. The fraction of sp³-hybridized carbons (Fsp3) is 0.542. The molecule has 0 aromatic carbocycles. The summed E-state index contributed by atoms with van der Waals surface area (Å²) in [6, 6.07) is 1.98. The standard InChI is InChI=1S/C24H34N4O4/c1-16(2)18-15-28(22(30)32-24(6,7)8)19-14-25-20(13-17(18)19)26-9-11-27(12-10-26)21(29)31-23(3,4)5/h13-15H,1,9-12H2,2-8H3. The highest BCUT2D eigenvalue weighted by atomic mass is 16.6. The van der Waals surface area contributed by atoms with Gasteiger partial charge < -0.3 is 19.3 Å². The summed E-state index contributed by atoms with van der Waals surface area (Å²) in [5.74, 6) is 0.797. The molecule has 1 amide bonds. The summed E-state index contributed by atoms with van der Waals surface area (Å²) in [6.45, 7) is 19.5. The molecule has 174 valence electrons. The molecule has 0 radical (unpaired) electrons. The Morgan fingerprint density at radius 2 is 1.53 bits per heavy atom. The van der Waals surface area contributed by atoms with Crippen LogP contribution in [-0.4, -0.2) is 64.0 Å². The maximum absolute atomic E-state index is 12.7. The second kappa shape index (κ2) is 8.48. The van der Waals surface area contributed by atoms with Gasteiger partial charge in [0.05, 0.1) is 11.7 Å². The first kappa shape index (κ1) is 23.6. The van der Waals surface area contributed by atoms with Crippen molar-refractivity contribution in [3.8, 4) is 0 Å². The van der Waals surface area contributed by atoms with Gasteiger partial charge in [-0.1, -0.05) is 6.58 Å². The third kappa shape index (κ3) is 5.41. The van der Waals surface area contributed by atoms with E-state index in [2.05, 4.69) is 16.5 Å². The lowest BCUT2D eigenvalue weighted by Crippen LogP contribution is -2.50. The van der Waals surface area contributed by atoms with Gasteiger partial charge in [-0.2, -0.15) is 0 Å². The molecule has 0 spiro atoms. The molecule has 0 bridgehead atoms. The number of nitrogens with zero attached hydrogens (tertiary/aromatic N) is 4. The van der Waals surface area contributed by atoms with Crippen molar-refractivity contribution in [2.75, 3.05) is 31.1 Å². The lowest BCUT2D eigenvalue weighted by molar-refractivity contribution is 0.0240. The Labute approximate surface area is 189 Å². The number of carbonyl (C=O) groups excluding carboxylic acids is 2. The summed E-state index contributed by atoms with van der Waals surface area (Å²) in [6.07, 6.45) is 2.71. The van der Waals surface area contributed by atoms with Gasteiger partial charge in [-0.25, -0.2) is 14.6 Å². The van der Waals surface area contributed by atoms with Crippen LogP contribution < -0.4 is 4.90 Å². The van der Waals surface area contributed by atoms with E-state index in [1.807, 2.05) is 54.5 Å².